The predicted octanol–water partition coefficient (Wildman–Crippen LogP) is 2.87. The minimum absolute atomic E-state index is 0.138. The van der Waals surface area contributed by atoms with E-state index in [1.165, 1.54) is 28.4 Å². The quantitative estimate of drug-likeness (QED) is 0.705. The maximum Gasteiger partial charge on any atom is 0.202 e. The fraction of sp³-hybridized carbons (Fsp3) is 0.391. The minimum atomic E-state index is -1.07. The first kappa shape index (κ1) is 20.4. The Balaban J connectivity index is 2.12. The molecule has 0 aromatic heterocycles. The van der Waals surface area contributed by atoms with Crippen molar-refractivity contribution in [1.82, 2.24) is 0 Å². The average Bonchev–Trinajstić information content (AvgIpc) is 2.73. The summed E-state index contributed by atoms with van der Waals surface area (Å²) in [4.78, 5) is 27.2. The van der Waals surface area contributed by atoms with Gasteiger partial charge in [-0.1, -0.05) is 12.1 Å². The van der Waals surface area contributed by atoms with E-state index in [0.717, 1.165) is 0 Å². The molecule has 30 heavy (non-hydrogen) atoms. The van der Waals surface area contributed by atoms with E-state index in [9.17, 15) is 14.7 Å². The van der Waals surface area contributed by atoms with Crippen LogP contribution in [0, 0.1) is 0 Å². The number of methoxy groups -OCH3 is 4. The number of aliphatic hydroxyl groups is 1. The Bertz CT molecular complexity index is 1070. The number of carbonyl (C=O) groups is 2. The molecule has 0 heterocycles. The van der Waals surface area contributed by atoms with Gasteiger partial charge in [0.05, 0.1) is 49.7 Å². The van der Waals surface area contributed by atoms with Crippen molar-refractivity contribution >= 4 is 11.6 Å². The Morgan fingerprint density at radius 1 is 0.933 bits per heavy atom. The predicted molar refractivity (Wildman–Crippen MR) is 108 cm³/mol. The van der Waals surface area contributed by atoms with Gasteiger partial charge >= 0.3 is 0 Å². The van der Waals surface area contributed by atoms with Gasteiger partial charge in [-0.05, 0) is 13.0 Å². The van der Waals surface area contributed by atoms with E-state index in [1.807, 2.05) is 0 Å². The second-order valence-corrected chi connectivity index (χ2v) is 7.85. The Morgan fingerprint density at radius 2 is 1.60 bits per heavy atom. The lowest BCUT2D eigenvalue weighted by molar-refractivity contribution is -0.0261. The van der Waals surface area contributed by atoms with Gasteiger partial charge in [-0.15, -0.1) is 0 Å². The standard InChI is InChI=1S/C23H24O7/c1-23(26)9-12-16(14(10-23)28-3)22(30-5)18-17(21(12)29-4)19(24)11-7-6-8-13(27-2)15(11)20(18)25/h6-8,14,26H,9-10H2,1-5H3/t14-,23-/m0/s1. The normalized spacial score (nSPS) is 22.1. The van der Waals surface area contributed by atoms with E-state index in [-0.39, 0.29) is 51.7 Å². The number of fused-ring (bicyclic) bond motifs is 3. The number of benzene rings is 2. The number of ether oxygens (including phenoxy) is 4. The lowest BCUT2D eigenvalue weighted by Crippen LogP contribution is -2.37. The van der Waals surface area contributed by atoms with Crippen LogP contribution in [0.5, 0.6) is 17.2 Å². The highest BCUT2D eigenvalue weighted by molar-refractivity contribution is 6.31. The van der Waals surface area contributed by atoms with E-state index >= 15 is 0 Å². The zero-order valence-corrected chi connectivity index (χ0v) is 17.6. The summed E-state index contributed by atoms with van der Waals surface area (Å²) < 4.78 is 22.3. The van der Waals surface area contributed by atoms with Crippen LogP contribution in [0.25, 0.3) is 0 Å². The van der Waals surface area contributed by atoms with Crippen LogP contribution in [0.1, 0.15) is 62.4 Å². The largest absolute Gasteiger partial charge is 0.496 e. The molecule has 0 saturated carbocycles. The third-order valence-electron chi connectivity index (χ3n) is 5.92. The zero-order chi connectivity index (χ0) is 21.8. The number of rotatable bonds is 4. The maximum atomic E-state index is 13.6. The zero-order valence-electron chi connectivity index (χ0n) is 17.6. The van der Waals surface area contributed by atoms with Crippen LogP contribution < -0.4 is 14.2 Å². The molecule has 2 atom stereocenters. The van der Waals surface area contributed by atoms with Gasteiger partial charge < -0.3 is 24.1 Å². The van der Waals surface area contributed by atoms with Crippen LogP contribution in [0.3, 0.4) is 0 Å². The molecule has 2 aliphatic carbocycles. The van der Waals surface area contributed by atoms with Gasteiger partial charge in [0.1, 0.15) is 17.2 Å². The van der Waals surface area contributed by atoms with E-state index < -0.39 is 11.7 Å². The second-order valence-electron chi connectivity index (χ2n) is 7.85. The lowest BCUT2D eigenvalue weighted by atomic mass is 9.73. The summed E-state index contributed by atoms with van der Waals surface area (Å²) in [6.45, 7) is 1.71. The Kier molecular flexibility index (Phi) is 4.83. The van der Waals surface area contributed by atoms with Crippen LogP contribution in [0.2, 0.25) is 0 Å². The fourth-order valence-corrected chi connectivity index (χ4v) is 4.70. The first-order valence-electron chi connectivity index (χ1n) is 9.61. The molecule has 2 aromatic rings. The monoisotopic (exact) mass is 412 g/mol. The SMILES string of the molecule is COc1cccc2c1C(=O)c1c(OC)c3c(c(OC)c1C2=O)C[C@](C)(O)C[C@@H]3OC. The Morgan fingerprint density at radius 3 is 2.20 bits per heavy atom. The van der Waals surface area contributed by atoms with Gasteiger partial charge in [0, 0.05) is 36.6 Å². The van der Waals surface area contributed by atoms with E-state index in [4.69, 9.17) is 18.9 Å². The summed E-state index contributed by atoms with van der Waals surface area (Å²) in [6.07, 6.45) is 0.0260. The summed E-state index contributed by atoms with van der Waals surface area (Å²) in [5.74, 6) is 0.145. The first-order chi connectivity index (χ1) is 14.3. The van der Waals surface area contributed by atoms with Gasteiger partial charge in [0.15, 0.2) is 5.78 Å². The van der Waals surface area contributed by atoms with Crippen molar-refractivity contribution in [3.63, 3.8) is 0 Å². The highest BCUT2D eigenvalue weighted by Gasteiger charge is 2.45. The topological polar surface area (TPSA) is 91.3 Å². The molecule has 2 aromatic carbocycles. The van der Waals surface area contributed by atoms with Gasteiger partial charge in [-0.3, -0.25) is 9.59 Å². The lowest BCUT2D eigenvalue weighted by Gasteiger charge is -2.38. The molecule has 0 bridgehead atoms. The molecular weight excluding hydrogens is 388 g/mol. The van der Waals surface area contributed by atoms with E-state index in [0.29, 0.717) is 23.3 Å². The molecule has 0 radical (unpaired) electrons. The third-order valence-corrected chi connectivity index (χ3v) is 5.92. The highest BCUT2D eigenvalue weighted by Crippen LogP contribution is 2.52. The summed E-state index contributed by atoms with van der Waals surface area (Å²) in [5.41, 5.74) is 0.909. The highest BCUT2D eigenvalue weighted by atomic mass is 16.5. The molecule has 0 spiro atoms. The molecule has 4 rings (SSSR count). The smallest absolute Gasteiger partial charge is 0.202 e. The van der Waals surface area contributed by atoms with Crippen molar-refractivity contribution < 1.29 is 33.6 Å². The Hall–Kier alpha value is -2.90. The molecule has 7 heteroatoms. The average molecular weight is 412 g/mol. The molecule has 158 valence electrons. The van der Waals surface area contributed by atoms with Gasteiger partial charge in [-0.2, -0.15) is 0 Å². The molecule has 2 aliphatic rings. The molecule has 7 nitrogen and oxygen atoms in total. The maximum absolute atomic E-state index is 13.6. The molecule has 0 unspecified atom stereocenters. The molecule has 0 aliphatic heterocycles. The van der Waals surface area contributed by atoms with Gasteiger partial charge in [-0.25, -0.2) is 0 Å². The number of hydrogen-bond donors (Lipinski definition) is 1. The Labute approximate surface area is 174 Å². The second kappa shape index (κ2) is 7.11. The molecule has 0 saturated heterocycles. The van der Waals surface area contributed by atoms with Crippen molar-refractivity contribution in [2.75, 3.05) is 28.4 Å². The number of carbonyl (C=O) groups excluding carboxylic acids is 2. The number of hydrogen-bond acceptors (Lipinski definition) is 7. The van der Waals surface area contributed by atoms with Crippen molar-refractivity contribution in [2.45, 2.75) is 31.5 Å². The summed E-state index contributed by atoms with van der Waals surface area (Å²) >= 11 is 0. The summed E-state index contributed by atoms with van der Waals surface area (Å²) in [5, 5.41) is 10.8. The van der Waals surface area contributed by atoms with Gasteiger partial charge in [0.25, 0.3) is 0 Å². The van der Waals surface area contributed by atoms with Crippen LogP contribution in [0.15, 0.2) is 18.2 Å². The van der Waals surface area contributed by atoms with Crippen molar-refractivity contribution in [3.8, 4) is 17.2 Å². The van der Waals surface area contributed by atoms with Gasteiger partial charge in [0.2, 0.25) is 5.78 Å². The minimum Gasteiger partial charge on any atom is -0.496 e. The van der Waals surface area contributed by atoms with Crippen LogP contribution in [-0.4, -0.2) is 50.7 Å². The van der Waals surface area contributed by atoms with Crippen molar-refractivity contribution in [3.05, 3.63) is 51.6 Å². The fourth-order valence-electron chi connectivity index (χ4n) is 4.70. The van der Waals surface area contributed by atoms with Crippen LogP contribution in [0.4, 0.5) is 0 Å². The van der Waals surface area contributed by atoms with Crippen LogP contribution >= 0.6 is 0 Å². The summed E-state index contributed by atoms with van der Waals surface area (Å²) in [7, 11) is 5.90. The van der Waals surface area contributed by atoms with Crippen molar-refractivity contribution in [2.24, 2.45) is 0 Å². The molecule has 0 amide bonds. The third kappa shape index (κ3) is 2.73. The molecule has 0 fully saturated rings. The molecule has 1 N–H and O–H groups in total. The number of ketones is 2. The van der Waals surface area contributed by atoms with Crippen molar-refractivity contribution in [1.29, 1.82) is 0 Å². The van der Waals surface area contributed by atoms with E-state index in [2.05, 4.69) is 0 Å². The summed E-state index contributed by atoms with van der Waals surface area (Å²) in [6, 6.07) is 4.91. The van der Waals surface area contributed by atoms with Crippen LogP contribution in [-0.2, 0) is 11.2 Å². The molecular formula is C23H24O7. The first-order valence-corrected chi connectivity index (χ1v) is 9.61. The van der Waals surface area contributed by atoms with E-state index in [1.54, 1.807) is 25.1 Å².